The van der Waals surface area contributed by atoms with Gasteiger partial charge in [-0.25, -0.2) is 4.79 Å². The van der Waals surface area contributed by atoms with Crippen LogP contribution in [0.4, 0.5) is 9.93 Å². The average Bonchev–Trinajstić information content (AvgIpc) is 2.90. The zero-order chi connectivity index (χ0) is 14.3. The van der Waals surface area contributed by atoms with Gasteiger partial charge in [0.2, 0.25) is 5.13 Å². The summed E-state index contributed by atoms with van der Waals surface area (Å²) in [5.41, 5.74) is 0. The molecule has 0 saturated carbocycles. The number of carbonyl (C=O) groups excluding carboxylic acids is 2. The first-order valence-corrected chi connectivity index (χ1v) is 7.37. The fourth-order valence-electron chi connectivity index (χ4n) is 1.13. The molecule has 1 N–H and O–H groups in total. The van der Waals surface area contributed by atoms with Gasteiger partial charge in [0.05, 0.1) is 7.11 Å². The number of hydrogen-bond donors (Lipinski definition) is 1. The number of esters is 1. The standard InChI is InChI=1S/C10H16N4O3S2/c1-11-8(16)14(2)9-12-13-10(19-9)18-6-4-5-7(15)17-3/h4-6H2,1-3H3,(H,11,16). The summed E-state index contributed by atoms with van der Waals surface area (Å²) in [4.78, 5) is 23.7. The Hall–Kier alpha value is -1.35. The lowest BCUT2D eigenvalue weighted by Crippen LogP contribution is -2.34. The number of ether oxygens (including phenoxy) is 1. The van der Waals surface area contributed by atoms with E-state index < -0.39 is 0 Å². The Morgan fingerprint density at radius 2 is 2.21 bits per heavy atom. The molecule has 1 aromatic rings. The Balaban J connectivity index is 2.38. The normalized spacial score (nSPS) is 10.1. The zero-order valence-electron chi connectivity index (χ0n) is 11.0. The summed E-state index contributed by atoms with van der Waals surface area (Å²) in [5, 5.41) is 11.0. The van der Waals surface area contributed by atoms with E-state index in [4.69, 9.17) is 0 Å². The molecular weight excluding hydrogens is 288 g/mol. The first kappa shape index (κ1) is 15.7. The summed E-state index contributed by atoms with van der Waals surface area (Å²) in [6, 6.07) is -0.238. The van der Waals surface area contributed by atoms with E-state index in [9.17, 15) is 9.59 Å². The Labute approximate surface area is 119 Å². The number of aromatic nitrogens is 2. The molecule has 19 heavy (non-hydrogen) atoms. The maximum Gasteiger partial charge on any atom is 0.323 e. The summed E-state index contributed by atoms with van der Waals surface area (Å²) in [6.45, 7) is 0. The van der Waals surface area contributed by atoms with E-state index in [-0.39, 0.29) is 12.0 Å². The molecule has 9 heteroatoms. The summed E-state index contributed by atoms with van der Waals surface area (Å²) in [7, 11) is 4.56. The smallest absolute Gasteiger partial charge is 0.323 e. The molecule has 106 valence electrons. The maximum atomic E-state index is 11.4. The minimum atomic E-state index is -0.238. The van der Waals surface area contributed by atoms with Crippen LogP contribution in [-0.4, -0.2) is 49.2 Å². The van der Waals surface area contributed by atoms with Crippen molar-refractivity contribution >= 4 is 40.2 Å². The van der Waals surface area contributed by atoms with E-state index in [2.05, 4.69) is 20.3 Å². The van der Waals surface area contributed by atoms with Gasteiger partial charge >= 0.3 is 12.0 Å². The Kier molecular flexibility index (Phi) is 6.57. The number of anilines is 1. The molecule has 1 rings (SSSR count). The van der Waals surface area contributed by atoms with Gasteiger partial charge in [-0.2, -0.15) is 0 Å². The Morgan fingerprint density at radius 3 is 2.84 bits per heavy atom. The van der Waals surface area contributed by atoms with Crippen LogP contribution < -0.4 is 10.2 Å². The van der Waals surface area contributed by atoms with E-state index >= 15 is 0 Å². The highest BCUT2D eigenvalue weighted by Crippen LogP contribution is 2.28. The molecule has 0 aliphatic heterocycles. The number of carbonyl (C=O) groups is 2. The molecule has 1 aromatic heterocycles. The van der Waals surface area contributed by atoms with Crippen LogP contribution in [0.5, 0.6) is 0 Å². The van der Waals surface area contributed by atoms with Gasteiger partial charge in [-0.3, -0.25) is 9.69 Å². The third-order valence-electron chi connectivity index (χ3n) is 2.18. The van der Waals surface area contributed by atoms with Gasteiger partial charge in [0, 0.05) is 26.3 Å². The number of urea groups is 1. The van der Waals surface area contributed by atoms with Crippen molar-refractivity contribution in [3.05, 3.63) is 0 Å². The van der Waals surface area contributed by atoms with Crippen LogP contribution in [0.3, 0.4) is 0 Å². The fraction of sp³-hybridized carbons (Fsp3) is 0.600. The number of methoxy groups -OCH3 is 1. The molecule has 0 aliphatic rings. The molecular formula is C10H16N4O3S2. The molecule has 0 radical (unpaired) electrons. The second-order valence-electron chi connectivity index (χ2n) is 3.49. The second-order valence-corrected chi connectivity index (χ2v) is 5.79. The lowest BCUT2D eigenvalue weighted by molar-refractivity contribution is -0.140. The number of thioether (sulfide) groups is 1. The zero-order valence-corrected chi connectivity index (χ0v) is 12.6. The van der Waals surface area contributed by atoms with Crippen LogP contribution in [-0.2, 0) is 9.53 Å². The SMILES string of the molecule is CNC(=O)N(C)c1nnc(SCCCC(=O)OC)s1. The topological polar surface area (TPSA) is 84.4 Å². The highest BCUT2D eigenvalue weighted by atomic mass is 32.2. The third-order valence-corrected chi connectivity index (χ3v) is 4.40. The van der Waals surface area contributed by atoms with E-state index in [0.717, 1.165) is 16.5 Å². The van der Waals surface area contributed by atoms with Crippen LogP contribution in [0, 0.1) is 0 Å². The average molecular weight is 304 g/mol. The highest BCUT2D eigenvalue weighted by Gasteiger charge is 2.14. The maximum absolute atomic E-state index is 11.4. The fourth-order valence-corrected chi connectivity index (χ4v) is 2.94. The predicted molar refractivity (Wildman–Crippen MR) is 74.7 cm³/mol. The van der Waals surface area contributed by atoms with E-state index in [1.54, 1.807) is 14.1 Å². The first-order valence-electron chi connectivity index (χ1n) is 5.57. The molecule has 1 heterocycles. The number of rotatable bonds is 6. The molecule has 0 spiro atoms. The van der Waals surface area contributed by atoms with Gasteiger partial charge < -0.3 is 10.1 Å². The van der Waals surface area contributed by atoms with Gasteiger partial charge in [0.1, 0.15) is 0 Å². The molecule has 7 nitrogen and oxygen atoms in total. The number of amides is 2. The molecule has 0 fully saturated rings. The minimum absolute atomic E-state index is 0.210. The highest BCUT2D eigenvalue weighted by molar-refractivity contribution is 8.01. The van der Waals surface area contributed by atoms with Crippen molar-refractivity contribution in [3.8, 4) is 0 Å². The molecule has 0 saturated heterocycles. The molecule has 2 amide bonds. The molecule has 0 unspecified atom stereocenters. The van der Waals surface area contributed by atoms with Crippen molar-refractivity contribution in [3.63, 3.8) is 0 Å². The number of hydrogen-bond acceptors (Lipinski definition) is 7. The van der Waals surface area contributed by atoms with E-state index in [0.29, 0.717) is 11.6 Å². The summed E-state index contributed by atoms with van der Waals surface area (Å²) in [6.07, 6.45) is 1.12. The number of nitrogens with zero attached hydrogens (tertiary/aromatic N) is 3. The lowest BCUT2D eigenvalue weighted by atomic mass is 10.3. The van der Waals surface area contributed by atoms with E-state index in [1.807, 2.05) is 0 Å². The second kappa shape index (κ2) is 7.95. The van der Waals surface area contributed by atoms with Crippen LogP contribution in [0.1, 0.15) is 12.8 Å². The Morgan fingerprint density at radius 1 is 1.47 bits per heavy atom. The van der Waals surface area contributed by atoms with E-state index in [1.165, 1.54) is 35.1 Å². The minimum Gasteiger partial charge on any atom is -0.469 e. The van der Waals surface area contributed by atoms with Crippen molar-refractivity contribution in [1.82, 2.24) is 15.5 Å². The summed E-state index contributed by atoms with van der Waals surface area (Å²) < 4.78 is 5.33. The first-order chi connectivity index (χ1) is 9.08. The monoisotopic (exact) mass is 304 g/mol. The third kappa shape index (κ3) is 5.03. The Bertz CT molecular complexity index is 438. The lowest BCUT2D eigenvalue weighted by Gasteiger charge is -2.10. The summed E-state index contributed by atoms with van der Waals surface area (Å²) >= 11 is 2.85. The van der Waals surface area contributed by atoms with Crippen LogP contribution in [0.2, 0.25) is 0 Å². The largest absolute Gasteiger partial charge is 0.469 e. The molecule has 0 bridgehead atoms. The van der Waals surface area contributed by atoms with Gasteiger partial charge in [0.15, 0.2) is 4.34 Å². The van der Waals surface area contributed by atoms with Crippen molar-refractivity contribution < 1.29 is 14.3 Å². The van der Waals surface area contributed by atoms with Crippen molar-refractivity contribution in [2.75, 3.05) is 31.9 Å². The van der Waals surface area contributed by atoms with Crippen molar-refractivity contribution in [1.29, 1.82) is 0 Å². The van der Waals surface area contributed by atoms with Gasteiger partial charge in [0.25, 0.3) is 0 Å². The van der Waals surface area contributed by atoms with Crippen molar-refractivity contribution in [2.24, 2.45) is 0 Å². The number of nitrogens with one attached hydrogen (secondary N) is 1. The van der Waals surface area contributed by atoms with Gasteiger partial charge in [-0.05, 0) is 6.42 Å². The van der Waals surface area contributed by atoms with Crippen LogP contribution in [0.25, 0.3) is 0 Å². The van der Waals surface area contributed by atoms with Gasteiger partial charge in [-0.15, -0.1) is 10.2 Å². The quantitative estimate of drug-likeness (QED) is 0.370. The predicted octanol–water partition coefficient (Wildman–Crippen LogP) is 1.36. The molecule has 0 aromatic carbocycles. The van der Waals surface area contributed by atoms with Crippen LogP contribution >= 0.6 is 23.1 Å². The molecule has 0 atom stereocenters. The summed E-state index contributed by atoms with van der Waals surface area (Å²) in [5.74, 6) is 0.547. The molecule has 0 aliphatic carbocycles. The van der Waals surface area contributed by atoms with Gasteiger partial charge in [-0.1, -0.05) is 23.1 Å². The van der Waals surface area contributed by atoms with Crippen molar-refractivity contribution in [2.45, 2.75) is 17.2 Å². The van der Waals surface area contributed by atoms with Crippen LogP contribution in [0.15, 0.2) is 4.34 Å².